The molecule has 19 heavy (non-hydrogen) atoms. The van der Waals surface area contributed by atoms with Gasteiger partial charge < -0.3 is 10.6 Å². The van der Waals surface area contributed by atoms with Gasteiger partial charge in [0.1, 0.15) is 17.2 Å². The van der Waals surface area contributed by atoms with Crippen LogP contribution in [0.2, 0.25) is 0 Å². The zero-order chi connectivity index (χ0) is 14.0. The molecule has 0 aromatic heterocycles. The lowest BCUT2D eigenvalue weighted by Crippen LogP contribution is -2.51. The molecule has 0 saturated carbocycles. The zero-order valence-electron chi connectivity index (χ0n) is 10.9. The van der Waals surface area contributed by atoms with E-state index in [0.29, 0.717) is 13.1 Å². The second-order valence-corrected chi connectivity index (χ2v) is 5.02. The highest BCUT2D eigenvalue weighted by Crippen LogP contribution is 2.25. The molecule has 1 aromatic rings. The molecule has 1 heterocycles. The molecule has 5 heteroatoms. The molecular weight excluding hydrogens is 250 g/mol. The van der Waals surface area contributed by atoms with Gasteiger partial charge in [-0.3, -0.25) is 4.79 Å². The Morgan fingerprint density at radius 1 is 1.42 bits per heavy atom. The van der Waals surface area contributed by atoms with Crippen LogP contribution in [0.4, 0.5) is 8.78 Å². The summed E-state index contributed by atoms with van der Waals surface area (Å²) >= 11 is 0. The highest BCUT2D eigenvalue weighted by Gasteiger charge is 2.33. The van der Waals surface area contributed by atoms with Gasteiger partial charge in [-0.2, -0.15) is 0 Å². The number of piperidine rings is 1. The summed E-state index contributed by atoms with van der Waals surface area (Å²) in [6.45, 7) is 2.82. The molecular formula is C14H18F2N2O. The van der Waals surface area contributed by atoms with Crippen LogP contribution in [0.25, 0.3) is 0 Å². The topological polar surface area (TPSA) is 46.3 Å². The van der Waals surface area contributed by atoms with Crippen LogP contribution in [0, 0.1) is 17.6 Å². The molecule has 2 N–H and O–H groups in total. The van der Waals surface area contributed by atoms with E-state index in [9.17, 15) is 13.6 Å². The van der Waals surface area contributed by atoms with Crippen molar-refractivity contribution in [3.8, 4) is 0 Å². The number of amides is 1. The van der Waals surface area contributed by atoms with Crippen molar-refractivity contribution in [2.24, 2.45) is 11.7 Å². The third-order valence-electron chi connectivity index (χ3n) is 3.79. The first-order valence-electron chi connectivity index (χ1n) is 6.51. The number of carbonyl (C=O) groups is 1. The van der Waals surface area contributed by atoms with Gasteiger partial charge in [-0.1, -0.05) is 13.0 Å². The minimum absolute atomic E-state index is 0.153. The number of rotatable bonds is 2. The third kappa shape index (κ3) is 2.61. The largest absolute Gasteiger partial charge is 0.334 e. The van der Waals surface area contributed by atoms with Gasteiger partial charge in [-0.15, -0.1) is 0 Å². The number of likely N-dealkylation sites (tertiary alicyclic amines) is 1. The van der Waals surface area contributed by atoms with Gasteiger partial charge >= 0.3 is 0 Å². The molecule has 1 aromatic carbocycles. The van der Waals surface area contributed by atoms with Crippen molar-refractivity contribution in [3.05, 3.63) is 35.4 Å². The predicted molar refractivity (Wildman–Crippen MR) is 68.6 cm³/mol. The summed E-state index contributed by atoms with van der Waals surface area (Å²) in [6, 6.07) is 3.29. The van der Waals surface area contributed by atoms with Crippen LogP contribution in [0.3, 0.4) is 0 Å². The third-order valence-corrected chi connectivity index (χ3v) is 3.79. The Morgan fingerprint density at radius 2 is 2.05 bits per heavy atom. The van der Waals surface area contributed by atoms with E-state index < -0.39 is 23.1 Å². The number of nitrogens with zero attached hydrogens (tertiary/aromatic N) is 1. The average molecular weight is 268 g/mol. The van der Waals surface area contributed by atoms with E-state index in [4.69, 9.17) is 5.73 Å². The number of benzene rings is 1. The Labute approximate surface area is 111 Å². The summed E-state index contributed by atoms with van der Waals surface area (Å²) < 4.78 is 27.3. The molecule has 3 nitrogen and oxygen atoms in total. The van der Waals surface area contributed by atoms with Gasteiger partial charge in [0.15, 0.2) is 0 Å². The normalized spacial score (nSPS) is 23.5. The van der Waals surface area contributed by atoms with Crippen molar-refractivity contribution in [3.63, 3.8) is 0 Å². The minimum atomic E-state index is -0.820. The Kier molecular flexibility index (Phi) is 4.14. The maximum Gasteiger partial charge on any atom is 0.260 e. The lowest BCUT2D eigenvalue weighted by Gasteiger charge is -2.39. The highest BCUT2D eigenvalue weighted by atomic mass is 19.1. The van der Waals surface area contributed by atoms with E-state index in [1.807, 2.05) is 6.92 Å². The molecule has 2 atom stereocenters. The van der Waals surface area contributed by atoms with Gasteiger partial charge in [0.25, 0.3) is 5.91 Å². The molecule has 2 unspecified atom stereocenters. The predicted octanol–water partition coefficient (Wildman–Crippen LogP) is 2.16. The number of nitrogens with two attached hydrogens (primary N) is 1. The van der Waals surface area contributed by atoms with Gasteiger partial charge in [0.05, 0.1) is 0 Å². The fraction of sp³-hybridized carbons (Fsp3) is 0.500. The van der Waals surface area contributed by atoms with Crippen LogP contribution in [-0.2, 0) is 0 Å². The highest BCUT2D eigenvalue weighted by molar-refractivity contribution is 5.95. The molecule has 1 fully saturated rings. The maximum atomic E-state index is 13.7. The Morgan fingerprint density at radius 3 is 2.63 bits per heavy atom. The summed E-state index contributed by atoms with van der Waals surface area (Å²) in [5.41, 5.74) is 5.22. The number of hydrogen-bond acceptors (Lipinski definition) is 2. The molecule has 104 valence electrons. The van der Waals surface area contributed by atoms with Crippen molar-refractivity contribution in [1.82, 2.24) is 4.90 Å². The van der Waals surface area contributed by atoms with Crippen molar-refractivity contribution in [1.29, 1.82) is 0 Å². The second kappa shape index (κ2) is 5.65. The Balaban J connectivity index is 2.32. The van der Waals surface area contributed by atoms with Crippen LogP contribution in [0.1, 0.15) is 30.1 Å². The van der Waals surface area contributed by atoms with Crippen molar-refractivity contribution in [2.45, 2.75) is 25.8 Å². The van der Waals surface area contributed by atoms with E-state index in [2.05, 4.69) is 0 Å². The Bertz CT molecular complexity index is 458. The van der Waals surface area contributed by atoms with Gasteiger partial charge in [0, 0.05) is 19.1 Å². The lowest BCUT2D eigenvalue weighted by atomic mass is 9.90. The summed E-state index contributed by atoms with van der Waals surface area (Å²) in [4.78, 5) is 13.9. The number of halogens is 2. The standard InChI is InChI=1S/C14H18F2N2O/c1-9-4-3-7-18(12(9)8-17)14(19)13-10(15)5-2-6-11(13)16/h2,5-6,9,12H,3-4,7-8,17H2,1H3. The fourth-order valence-corrected chi connectivity index (χ4v) is 2.71. The van der Waals surface area contributed by atoms with Gasteiger partial charge in [-0.05, 0) is 30.9 Å². The SMILES string of the molecule is CC1CCCN(C(=O)c2c(F)cccc2F)C1CN. The first-order chi connectivity index (χ1) is 9.06. The van der Waals surface area contributed by atoms with Crippen LogP contribution < -0.4 is 5.73 Å². The molecule has 0 bridgehead atoms. The molecule has 2 rings (SSSR count). The van der Waals surface area contributed by atoms with E-state index >= 15 is 0 Å². The smallest absolute Gasteiger partial charge is 0.260 e. The number of carbonyl (C=O) groups excluding carboxylic acids is 1. The monoisotopic (exact) mass is 268 g/mol. The van der Waals surface area contributed by atoms with Crippen molar-refractivity contribution >= 4 is 5.91 Å². The van der Waals surface area contributed by atoms with Crippen molar-refractivity contribution in [2.75, 3.05) is 13.1 Å². The summed E-state index contributed by atoms with van der Waals surface area (Å²) in [5.74, 6) is -1.99. The molecule has 1 amide bonds. The molecule has 0 aliphatic carbocycles. The van der Waals surface area contributed by atoms with Crippen molar-refractivity contribution < 1.29 is 13.6 Å². The first-order valence-corrected chi connectivity index (χ1v) is 6.51. The molecule has 1 saturated heterocycles. The van der Waals surface area contributed by atoms with Gasteiger partial charge in [-0.25, -0.2) is 8.78 Å². The molecule has 1 aliphatic heterocycles. The van der Waals surface area contributed by atoms with Crippen LogP contribution in [0.15, 0.2) is 18.2 Å². The molecule has 0 spiro atoms. The minimum Gasteiger partial charge on any atom is -0.334 e. The lowest BCUT2D eigenvalue weighted by molar-refractivity contribution is 0.0523. The van der Waals surface area contributed by atoms with E-state index in [1.165, 1.54) is 11.0 Å². The Hall–Kier alpha value is -1.49. The zero-order valence-corrected chi connectivity index (χ0v) is 10.9. The summed E-state index contributed by atoms with van der Waals surface area (Å²) in [7, 11) is 0. The van der Waals surface area contributed by atoms with Crippen LogP contribution in [0.5, 0.6) is 0 Å². The van der Waals surface area contributed by atoms with E-state index in [1.54, 1.807) is 0 Å². The van der Waals surface area contributed by atoms with Crippen LogP contribution in [-0.4, -0.2) is 29.9 Å². The quantitative estimate of drug-likeness (QED) is 0.893. The molecule has 0 radical (unpaired) electrons. The second-order valence-electron chi connectivity index (χ2n) is 5.02. The van der Waals surface area contributed by atoms with E-state index in [0.717, 1.165) is 25.0 Å². The summed E-state index contributed by atoms with van der Waals surface area (Å²) in [5, 5.41) is 0. The number of hydrogen-bond donors (Lipinski definition) is 1. The van der Waals surface area contributed by atoms with E-state index in [-0.39, 0.29) is 12.0 Å². The molecule has 1 aliphatic rings. The van der Waals surface area contributed by atoms with Crippen LogP contribution >= 0.6 is 0 Å². The fourth-order valence-electron chi connectivity index (χ4n) is 2.71. The first kappa shape index (κ1) is 13.9. The van der Waals surface area contributed by atoms with Gasteiger partial charge in [0.2, 0.25) is 0 Å². The maximum absolute atomic E-state index is 13.7. The average Bonchev–Trinajstić information content (AvgIpc) is 2.38. The summed E-state index contributed by atoms with van der Waals surface area (Å²) in [6.07, 6.45) is 1.81.